The molecule has 0 aliphatic carbocycles. The third kappa shape index (κ3) is 2.06. The first-order valence-electron chi connectivity index (χ1n) is 4.70. The molecule has 0 aliphatic heterocycles. The van der Waals surface area contributed by atoms with Crippen molar-refractivity contribution in [1.82, 2.24) is 7.76 Å². The zero-order valence-corrected chi connectivity index (χ0v) is 11.1. The number of rotatable bonds is 2. The van der Waals surface area contributed by atoms with E-state index >= 15 is 0 Å². The van der Waals surface area contributed by atoms with Gasteiger partial charge in [0.15, 0.2) is 0 Å². The minimum atomic E-state index is 0.520. The molecular weight excluding hydrogens is 275 g/mol. The molecule has 74 valence electrons. The van der Waals surface area contributed by atoms with E-state index in [0.29, 0.717) is 11.8 Å². The number of aryl methyl sites for hydroxylation is 1. The van der Waals surface area contributed by atoms with Gasteiger partial charge in [-0.25, -0.2) is 4.98 Å². The van der Waals surface area contributed by atoms with Crippen LogP contribution in [0, 0.1) is 6.92 Å². The van der Waals surface area contributed by atoms with Crippen LogP contribution in [-0.4, -0.2) is 7.76 Å². The lowest BCUT2D eigenvalue weighted by Gasteiger charge is -2.10. The summed E-state index contributed by atoms with van der Waals surface area (Å²) < 4.78 is 2.18. The summed E-state index contributed by atoms with van der Waals surface area (Å²) in [6, 6.07) is 0. The SMILES string of the molecule is Cc1nc(C(C)C)c(C(C)C)n1I. The standard InChI is InChI=1S/C10H17IN2/c1-6(2)9-10(7(3)4)13(11)8(5)12-9/h6-7H,1-5H3. The fourth-order valence-electron chi connectivity index (χ4n) is 1.50. The Kier molecular flexibility index (Phi) is 3.38. The van der Waals surface area contributed by atoms with E-state index in [4.69, 9.17) is 0 Å². The van der Waals surface area contributed by atoms with Crippen molar-refractivity contribution in [1.29, 1.82) is 0 Å². The van der Waals surface area contributed by atoms with Gasteiger partial charge in [-0.1, -0.05) is 27.7 Å². The maximum Gasteiger partial charge on any atom is 0.114 e. The number of halogens is 1. The predicted molar refractivity (Wildman–Crippen MR) is 64.6 cm³/mol. The second kappa shape index (κ2) is 3.98. The molecule has 13 heavy (non-hydrogen) atoms. The Morgan fingerprint density at radius 1 is 1.15 bits per heavy atom. The number of nitrogens with zero attached hydrogens (tertiary/aromatic N) is 2. The Bertz CT molecular complexity index is 300. The van der Waals surface area contributed by atoms with Crippen LogP contribution in [0.4, 0.5) is 0 Å². The van der Waals surface area contributed by atoms with E-state index in [9.17, 15) is 0 Å². The number of hydrogen-bond acceptors (Lipinski definition) is 1. The highest BCUT2D eigenvalue weighted by atomic mass is 127. The molecule has 0 saturated heterocycles. The Hall–Kier alpha value is -0.0600. The van der Waals surface area contributed by atoms with Gasteiger partial charge in [-0.3, -0.25) is 2.78 Å². The van der Waals surface area contributed by atoms with Crippen molar-refractivity contribution in [3.8, 4) is 0 Å². The summed E-state index contributed by atoms with van der Waals surface area (Å²) in [6.07, 6.45) is 0. The zero-order valence-electron chi connectivity index (χ0n) is 8.93. The minimum absolute atomic E-state index is 0.520. The molecule has 0 saturated carbocycles. The second-order valence-corrected chi connectivity index (χ2v) is 4.98. The Morgan fingerprint density at radius 3 is 2.00 bits per heavy atom. The molecule has 0 aromatic carbocycles. The molecule has 0 radical (unpaired) electrons. The quantitative estimate of drug-likeness (QED) is 0.761. The van der Waals surface area contributed by atoms with E-state index in [2.05, 4.69) is 65.2 Å². The summed E-state index contributed by atoms with van der Waals surface area (Å²) in [5, 5.41) is 0. The van der Waals surface area contributed by atoms with E-state index in [1.807, 2.05) is 0 Å². The molecule has 0 bridgehead atoms. The molecule has 0 atom stereocenters. The largest absolute Gasteiger partial charge is 0.272 e. The van der Waals surface area contributed by atoms with E-state index in [0.717, 1.165) is 5.82 Å². The highest BCUT2D eigenvalue weighted by Crippen LogP contribution is 2.28. The van der Waals surface area contributed by atoms with E-state index in [-0.39, 0.29) is 0 Å². The van der Waals surface area contributed by atoms with Crippen molar-refractivity contribution >= 4 is 22.9 Å². The molecule has 3 heteroatoms. The maximum absolute atomic E-state index is 4.59. The predicted octanol–water partition coefficient (Wildman–Crippen LogP) is 3.64. The lowest BCUT2D eigenvalue weighted by molar-refractivity contribution is 0.756. The van der Waals surface area contributed by atoms with Gasteiger partial charge in [0, 0.05) is 0 Å². The summed E-state index contributed by atoms with van der Waals surface area (Å²) >= 11 is 2.33. The van der Waals surface area contributed by atoms with Gasteiger partial charge in [-0.15, -0.1) is 0 Å². The summed E-state index contributed by atoms with van der Waals surface area (Å²) in [5.74, 6) is 2.18. The average molecular weight is 292 g/mol. The lowest BCUT2D eigenvalue weighted by atomic mass is 10.0. The van der Waals surface area contributed by atoms with Gasteiger partial charge in [0.2, 0.25) is 0 Å². The van der Waals surface area contributed by atoms with Crippen LogP contribution in [0.2, 0.25) is 0 Å². The smallest absolute Gasteiger partial charge is 0.114 e. The number of hydrogen-bond donors (Lipinski definition) is 0. The van der Waals surface area contributed by atoms with Crippen molar-refractivity contribution in [2.75, 3.05) is 0 Å². The molecule has 0 unspecified atom stereocenters. The summed E-state index contributed by atoms with van der Waals surface area (Å²) in [4.78, 5) is 4.59. The van der Waals surface area contributed by atoms with Crippen molar-refractivity contribution in [2.45, 2.75) is 46.5 Å². The molecule has 0 spiro atoms. The molecule has 1 aromatic rings. The molecule has 0 amide bonds. The topological polar surface area (TPSA) is 17.8 Å². The Balaban J connectivity index is 3.27. The molecule has 1 heterocycles. The molecule has 2 nitrogen and oxygen atoms in total. The van der Waals surface area contributed by atoms with E-state index in [1.54, 1.807) is 0 Å². The molecule has 0 fully saturated rings. The molecule has 0 N–H and O–H groups in total. The maximum atomic E-state index is 4.59. The molecular formula is C10H17IN2. The van der Waals surface area contributed by atoms with Crippen LogP contribution in [0.5, 0.6) is 0 Å². The van der Waals surface area contributed by atoms with Crippen molar-refractivity contribution in [3.05, 3.63) is 17.2 Å². The average Bonchev–Trinajstić information content (AvgIpc) is 2.28. The normalized spacial score (nSPS) is 11.7. The van der Waals surface area contributed by atoms with Gasteiger partial charge in [0.25, 0.3) is 0 Å². The van der Waals surface area contributed by atoms with Gasteiger partial charge >= 0.3 is 0 Å². The van der Waals surface area contributed by atoms with Crippen molar-refractivity contribution < 1.29 is 0 Å². The van der Waals surface area contributed by atoms with Crippen LogP contribution in [0.15, 0.2) is 0 Å². The third-order valence-corrected chi connectivity index (χ3v) is 3.35. The first-order chi connectivity index (χ1) is 5.95. The minimum Gasteiger partial charge on any atom is -0.272 e. The highest BCUT2D eigenvalue weighted by molar-refractivity contribution is 14.1. The first kappa shape index (κ1) is 11.0. The summed E-state index contributed by atoms with van der Waals surface area (Å²) in [6.45, 7) is 10.9. The van der Waals surface area contributed by atoms with Crippen LogP contribution >= 0.6 is 22.9 Å². The van der Waals surface area contributed by atoms with Crippen LogP contribution in [0.25, 0.3) is 0 Å². The van der Waals surface area contributed by atoms with Crippen LogP contribution in [-0.2, 0) is 0 Å². The lowest BCUT2D eigenvalue weighted by Crippen LogP contribution is -2.00. The Morgan fingerprint density at radius 2 is 1.69 bits per heavy atom. The number of aromatic nitrogens is 2. The fourth-order valence-corrected chi connectivity index (χ4v) is 2.41. The zero-order chi connectivity index (χ0) is 10.2. The van der Waals surface area contributed by atoms with Gasteiger partial charge in [-0.2, -0.15) is 0 Å². The Labute approximate surface area is 94.2 Å². The number of imidazole rings is 1. The molecule has 0 aliphatic rings. The second-order valence-electron chi connectivity index (χ2n) is 4.02. The molecule has 1 aromatic heterocycles. The van der Waals surface area contributed by atoms with Crippen LogP contribution < -0.4 is 0 Å². The van der Waals surface area contributed by atoms with Gasteiger partial charge in [-0.05, 0) is 18.8 Å². The fraction of sp³-hybridized carbons (Fsp3) is 0.700. The van der Waals surface area contributed by atoms with Crippen molar-refractivity contribution in [3.63, 3.8) is 0 Å². The van der Waals surface area contributed by atoms with Crippen LogP contribution in [0.1, 0.15) is 56.7 Å². The van der Waals surface area contributed by atoms with Gasteiger partial charge in [0.05, 0.1) is 34.3 Å². The van der Waals surface area contributed by atoms with Gasteiger partial charge < -0.3 is 0 Å². The third-order valence-electron chi connectivity index (χ3n) is 2.13. The van der Waals surface area contributed by atoms with E-state index in [1.165, 1.54) is 11.4 Å². The summed E-state index contributed by atoms with van der Waals surface area (Å²) in [7, 11) is 0. The molecule has 1 rings (SSSR count). The van der Waals surface area contributed by atoms with E-state index < -0.39 is 0 Å². The first-order valence-corrected chi connectivity index (χ1v) is 5.67. The van der Waals surface area contributed by atoms with Crippen LogP contribution in [0.3, 0.4) is 0 Å². The van der Waals surface area contributed by atoms with Crippen molar-refractivity contribution in [2.24, 2.45) is 0 Å². The van der Waals surface area contributed by atoms with Gasteiger partial charge in [0.1, 0.15) is 5.82 Å². The highest BCUT2D eigenvalue weighted by Gasteiger charge is 2.17. The monoisotopic (exact) mass is 292 g/mol. The summed E-state index contributed by atoms with van der Waals surface area (Å²) in [5.41, 5.74) is 2.62.